The van der Waals surface area contributed by atoms with Gasteiger partial charge in [0.15, 0.2) is 11.2 Å². The van der Waals surface area contributed by atoms with Crippen LogP contribution in [0.15, 0.2) is 167 Å². The van der Waals surface area contributed by atoms with Gasteiger partial charge in [0, 0.05) is 45.7 Å². The highest BCUT2D eigenvalue weighted by Gasteiger charge is 2.19. The monoisotopic (exact) mass is 748 g/mol. The molecule has 6 heterocycles. The third-order valence-electron chi connectivity index (χ3n) is 11.5. The topological polar surface area (TPSA) is 87.7 Å². The fourth-order valence-electron chi connectivity index (χ4n) is 8.64. The first-order chi connectivity index (χ1) is 28.6. The number of fused-ring (bicyclic) bond motifs is 8. The Morgan fingerprint density at radius 2 is 0.897 bits per heavy atom. The van der Waals surface area contributed by atoms with Gasteiger partial charge in [-0.15, -0.1) is 0 Å². The summed E-state index contributed by atoms with van der Waals surface area (Å²) in [5.74, 6) is 0. The molecule has 0 aliphatic rings. The maximum absolute atomic E-state index is 6.51. The van der Waals surface area contributed by atoms with Crippen LogP contribution in [0.4, 0.5) is 0 Å². The SMILES string of the molecule is Cc1cc(-c2ccnc3c2oc2ccc(-n4cnc5ccccc54)cc23)ccc1-c1ccc(-c2ccnc3c2oc2ccc(-n4cnc5ccccc54)cc23)cc1C. The predicted octanol–water partition coefficient (Wildman–Crippen LogP) is 12.6. The zero-order chi connectivity index (χ0) is 38.5. The maximum Gasteiger partial charge on any atom is 0.161 e. The summed E-state index contributed by atoms with van der Waals surface area (Å²) >= 11 is 0. The van der Waals surface area contributed by atoms with Crippen molar-refractivity contribution >= 4 is 66.2 Å². The number of hydrogen-bond acceptors (Lipinski definition) is 6. The Balaban J connectivity index is 0.881. The van der Waals surface area contributed by atoms with Gasteiger partial charge in [-0.3, -0.25) is 19.1 Å². The van der Waals surface area contributed by atoms with E-state index >= 15 is 0 Å². The van der Waals surface area contributed by atoms with E-state index in [1.54, 1.807) is 0 Å². The van der Waals surface area contributed by atoms with E-state index in [1.165, 1.54) is 22.3 Å². The van der Waals surface area contributed by atoms with Crippen molar-refractivity contribution in [2.75, 3.05) is 0 Å². The smallest absolute Gasteiger partial charge is 0.161 e. The van der Waals surface area contributed by atoms with E-state index in [4.69, 9.17) is 18.8 Å². The summed E-state index contributed by atoms with van der Waals surface area (Å²) in [5.41, 5.74) is 19.8. The lowest BCUT2D eigenvalue weighted by molar-refractivity contribution is 0.668. The van der Waals surface area contributed by atoms with Crippen LogP contribution in [0.3, 0.4) is 0 Å². The number of para-hydroxylation sites is 4. The minimum atomic E-state index is 0.776. The molecule has 0 aliphatic carbocycles. The fourth-order valence-corrected chi connectivity index (χ4v) is 8.64. The van der Waals surface area contributed by atoms with Gasteiger partial charge in [-0.25, -0.2) is 9.97 Å². The van der Waals surface area contributed by atoms with E-state index < -0.39 is 0 Å². The first-order valence-corrected chi connectivity index (χ1v) is 19.3. The van der Waals surface area contributed by atoms with Gasteiger partial charge in [0.05, 0.1) is 22.1 Å². The summed E-state index contributed by atoms with van der Waals surface area (Å²) in [6.07, 6.45) is 7.48. The maximum atomic E-state index is 6.51. The number of benzene rings is 6. The predicted molar refractivity (Wildman–Crippen MR) is 232 cm³/mol. The molecule has 0 unspecified atom stereocenters. The van der Waals surface area contributed by atoms with Crippen LogP contribution in [0.1, 0.15) is 11.1 Å². The highest BCUT2D eigenvalue weighted by Crippen LogP contribution is 2.40. The molecule has 0 fully saturated rings. The lowest BCUT2D eigenvalue weighted by atomic mass is 9.91. The number of furan rings is 2. The molecule has 0 spiro atoms. The molecule has 0 amide bonds. The number of hydrogen-bond donors (Lipinski definition) is 0. The van der Waals surface area contributed by atoms with Crippen LogP contribution in [0, 0.1) is 13.8 Å². The van der Waals surface area contributed by atoms with Crippen LogP contribution < -0.4 is 0 Å². The lowest BCUT2D eigenvalue weighted by Crippen LogP contribution is -1.91. The lowest BCUT2D eigenvalue weighted by Gasteiger charge is -2.13. The normalized spacial score (nSPS) is 12.0. The average Bonchev–Trinajstić information content (AvgIpc) is 4.06. The summed E-state index contributed by atoms with van der Waals surface area (Å²) in [7, 11) is 0. The van der Waals surface area contributed by atoms with Gasteiger partial charge in [0.25, 0.3) is 0 Å². The third-order valence-corrected chi connectivity index (χ3v) is 11.5. The first-order valence-electron chi connectivity index (χ1n) is 19.3. The Bertz CT molecular complexity index is 3380. The number of imidazole rings is 2. The summed E-state index contributed by atoms with van der Waals surface area (Å²) in [6, 6.07) is 46.1. The van der Waals surface area contributed by atoms with Gasteiger partial charge in [-0.2, -0.15) is 0 Å². The zero-order valence-electron chi connectivity index (χ0n) is 31.5. The molecule has 0 atom stereocenters. The minimum Gasteiger partial charge on any atom is -0.454 e. The molecule has 274 valence electrons. The van der Waals surface area contributed by atoms with Crippen LogP contribution >= 0.6 is 0 Å². The average molecular weight is 749 g/mol. The Morgan fingerprint density at radius 3 is 1.36 bits per heavy atom. The van der Waals surface area contributed by atoms with Crippen molar-refractivity contribution in [1.82, 2.24) is 29.1 Å². The molecule has 6 aromatic heterocycles. The van der Waals surface area contributed by atoms with Crippen molar-refractivity contribution < 1.29 is 8.83 Å². The first kappa shape index (κ1) is 32.4. The Labute approximate surface area is 331 Å². The second-order valence-electron chi connectivity index (χ2n) is 14.9. The molecule has 0 N–H and O–H groups in total. The minimum absolute atomic E-state index is 0.776. The van der Waals surface area contributed by atoms with E-state index in [0.717, 1.165) is 99.8 Å². The largest absolute Gasteiger partial charge is 0.454 e. The standard InChI is InChI=1S/C50H32N6O2/c1-29-23-31(37-19-21-51-47-39-25-33(13-17-45(39)57-49(37)47)55-27-53-41-7-3-5-9-43(41)55)11-15-35(29)36-16-12-32(24-30(36)2)38-20-22-52-48-40-26-34(14-18-46(40)58-50(38)48)56-28-54-42-8-4-6-10-44(42)56/h3-28H,1-2H3. The van der Waals surface area contributed by atoms with Crippen LogP contribution in [0.25, 0.3) is 111 Å². The highest BCUT2D eigenvalue weighted by atomic mass is 16.3. The van der Waals surface area contributed by atoms with Crippen LogP contribution in [-0.4, -0.2) is 29.1 Å². The fraction of sp³-hybridized carbons (Fsp3) is 0.0400. The van der Waals surface area contributed by atoms with Gasteiger partial charge in [0.1, 0.15) is 34.9 Å². The van der Waals surface area contributed by atoms with Gasteiger partial charge < -0.3 is 8.83 Å². The molecule has 12 aromatic rings. The van der Waals surface area contributed by atoms with Crippen molar-refractivity contribution in [3.05, 3.63) is 170 Å². The zero-order valence-corrected chi connectivity index (χ0v) is 31.5. The Kier molecular flexibility index (Phi) is 6.89. The summed E-state index contributed by atoms with van der Waals surface area (Å²) in [6.45, 7) is 4.35. The molecular formula is C50H32N6O2. The summed E-state index contributed by atoms with van der Waals surface area (Å²) in [5, 5.41) is 1.94. The van der Waals surface area contributed by atoms with Crippen LogP contribution in [0.2, 0.25) is 0 Å². The molecule has 0 saturated carbocycles. The Morgan fingerprint density at radius 1 is 0.431 bits per heavy atom. The summed E-state index contributed by atoms with van der Waals surface area (Å²) in [4.78, 5) is 18.8. The molecule has 6 aromatic carbocycles. The van der Waals surface area contributed by atoms with Crippen molar-refractivity contribution in [3.63, 3.8) is 0 Å². The van der Waals surface area contributed by atoms with Gasteiger partial charge in [-0.05, 0) is 120 Å². The van der Waals surface area contributed by atoms with Crippen molar-refractivity contribution in [1.29, 1.82) is 0 Å². The molecule has 0 saturated heterocycles. The summed E-state index contributed by atoms with van der Waals surface area (Å²) < 4.78 is 17.2. The van der Waals surface area contributed by atoms with Crippen LogP contribution in [0.5, 0.6) is 0 Å². The van der Waals surface area contributed by atoms with Crippen molar-refractivity contribution in [3.8, 4) is 44.8 Å². The number of nitrogens with zero attached hydrogens (tertiary/aromatic N) is 6. The molecule has 8 nitrogen and oxygen atoms in total. The number of pyridine rings is 2. The molecule has 0 radical (unpaired) electrons. The molecule has 0 aliphatic heterocycles. The van der Waals surface area contributed by atoms with E-state index in [2.05, 4.69) is 106 Å². The number of aromatic nitrogens is 6. The molecule has 58 heavy (non-hydrogen) atoms. The van der Waals surface area contributed by atoms with E-state index in [9.17, 15) is 0 Å². The van der Waals surface area contributed by atoms with Crippen molar-refractivity contribution in [2.45, 2.75) is 13.8 Å². The van der Waals surface area contributed by atoms with Gasteiger partial charge in [0.2, 0.25) is 0 Å². The quantitative estimate of drug-likeness (QED) is 0.174. The third kappa shape index (κ3) is 4.88. The molecular weight excluding hydrogens is 717 g/mol. The molecule has 8 heteroatoms. The number of aryl methyl sites for hydroxylation is 2. The Hall–Kier alpha value is -7.84. The highest BCUT2D eigenvalue weighted by molar-refractivity contribution is 6.09. The van der Waals surface area contributed by atoms with Crippen LogP contribution in [-0.2, 0) is 0 Å². The van der Waals surface area contributed by atoms with Gasteiger partial charge >= 0.3 is 0 Å². The second kappa shape index (κ2) is 12.3. The van der Waals surface area contributed by atoms with Crippen molar-refractivity contribution in [2.24, 2.45) is 0 Å². The van der Waals surface area contributed by atoms with Gasteiger partial charge in [-0.1, -0.05) is 60.7 Å². The van der Waals surface area contributed by atoms with E-state index in [-0.39, 0.29) is 0 Å². The molecule has 12 rings (SSSR count). The van der Waals surface area contributed by atoms with E-state index in [0.29, 0.717) is 0 Å². The molecule has 0 bridgehead atoms. The number of rotatable bonds is 5. The van der Waals surface area contributed by atoms with E-state index in [1.807, 2.05) is 85.7 Å². The second-order valence-corrected chi connectivity index (χ2v) is 14.9.